The van der Waals surface area contributed by atoms with E-state index in [4.69, 9.17) is 4.74 Å². The van der Waals surface area contributed by atoms with Crippen LogP contribution in [0.1, 0.15) is 117 Å². The lowest BCUT2D eigenvalue weighted by atomic mass is 10.0. The molecule has 0 radical (unpaired) electrons. The molecule has 0 aliphatic heterocycles. The molecule has 0 aliphatic rings. The third kappa shape index (κ3) is 15.4. The molecule has 0 aliphatic carbocycles. The van der Waals surface area contributed by atoms with Crippen LogP contribution in [-0.2, 0) is 9.53 Å². The average molecular weight is 357 g/mol. The molecular formula is C22H44O3. The molecular weight excluding hydrogens is 312 g/mol. The Morgan fingerprint density at radius 2 is 1.16 bits per heavy atom. The molecule has 0 spiro atoms. The smallest absolute Gasteiger partial charge is 0.335 e. The first-order chi connectivity index (χ1) is 12.1. The minimum atomic E-state index is -0.961. The predicted molar refractivity (Wildman–Crippen MR) is 107 cm³/mol. The second-order valence-electron chi connectivity index (χ2n) is 7.59. The molecule has 1 N–H and O–H groups in total. The number of unbranched alkanes of at least 4 members (excludes halogenated alkanes) is 13. The van der Waals surface area contributed by atoms with Gasteiger partial charge in [0.15, 0.2) is 6.10 Å². The van der Waals surface area contributed by atoms with Gasteiger partial charge in [-0.25, -0.2) is 4.79 Å². The van der Waals surface area contributed by atoms with Gasteiger partial charge in [-0.1, -0.05) is 111 Å². The summed E-state index contributed by atoms with van der Waals surface area (Å²) in [4.78, 5) is 11.6. The van der Waals surface area contributed by atoms with Crippen molar-refractivity contribution in [3.63, 3.8) is 0 Å². The van der Waals surface area contributed by atoms with Crippen molar-refractivity contribution in [3.05, 3.63) is 0 Å². The lowest BCUT2D eigenvalue weighted by Crippen LogP contribution is -2.29. The van der Waals surface area contributed by atoms with Crippen LogP contribution in [0.5, 0.6) is 0 Å². The van der Waals surface area contributed by atoms with Crippen LogP contribution < -0.4 is 0 Å². The first-order valence-corrected chi connectivity index (χ1v) is 11.0. The van der Waals surface area contributed by atoms with Gasteiger partial charge in [0.1, 0.15) is 0 Å². The van der Waals surface area contributed by atoms with Gasteiger partial charge < -0.3 is 9.84 Å². The van der Waals surface area contributed by atoms with Crippen molar-refractivity contribution in [1.29, 1.82) is 0 Å². The van der Waals surface area contributed by atoms with Gasteiger partial charge in [0.2, 0.25) is 0 Å². The third-order valence-corrected chi connectivity index (χ3v) is 5.17. The van der Waals surface area contributed by atoms with Crippen LogP contribution in [-0.4, -0.2) is 23.8 Å². The summed E-state index contributed by atoms with van der Waals surface area (Å²) < 4.78 is 5.14. The molecule has 0 heterocycles. The van der Waals surface area contributed by atoms with Crippen molar-refractivity contribution in [2.75, 3.05) is 6.61 Å². The van der Waals surface area contributed by atoms with Gasteiger partial charge in [-0.3, -0.25) is 0 Å². The molecule has 0 fully saturated rings. The zero-order chi connectivity index (χ0) is 18.8. The molecule has 3 heteroatoms. The summed E-state index contributed by atoms with van der Waals surface area (Å²) in [5.41, 5.74) is 0. The highest BCUT2D eigenvalue weighted by atomic mass is 16.5. The Kier molecular flexibility index (Phi) is 17.8. The second kappa shape index (κ2) is 18.2. The zero-order valence-corrected chi connectivity index (χ0v) is 17.2. The molecule has 150 valence electrons. The van der Waals surface area contributed by atoms with Gasteiger partial charge in [0, 0.05) is 0 Å². The standard InChI is InChI=1S/C22H44O3/c1-4-6-7-8-9-10-11-12-13-14-15-16-17-18-19-25-22(24)21(23)20(3)5-2/h20-21,23H,4-19H2,1-3H3. The first kappa shape index (κ1) is 24.4. The number of aliphatic hydroxyl groups is 1. The van der Waals surface area contributed by atoms with Gasteiger partial charge >= 0.3 is 5.97 Å². The normalized spacial score (nSPS) is 13.6. The van der Waals surface area contributed by atoms with Gasteiger partial charge in [0.25, 0.3) is 0 Å². The molecule has 2 unspecified atom stereocenters. The third-order valence-electron chi connectivity index (χ3n) is 5.17. The minimum absolute atomic E-state index is 0.0242. The maximum absolute atomic E-state index is 11.6. The topological polar surface area (TPSA) is 46.5 Å². The Balaban J connectivity index is 3.22. The number of esters is 1. The Bertz CT molecular complexity index is 291. The molecule has 0 saturated heterocycles. The molecule has 0 saturated carbocycles. The molecule has 0 aromatic heterocycles. The van der Waals surface area contributed by atoms with Gasteiger partial charge in [0.05, 0.1) is 6.61 Å². The fourth-order valence-corrected chi connectivity index (χ4v) is 3.01. The molecule has 25 heavy (non-hydrogen) atoms. The molecule has 0 amide bonds. The zero-order valence-electron chi connectivity index (χ0n) is 17.2. The number of hydrogen-bond donors (Lipinski definition) is 1. The summed E-state index contributed by atoms with van der Waals surface area (Å²) in [5, 5.41) is 9.73. The Hall–Kier alpha value is -0.570. The number of hydrogen-bond acceptors (Lipinski definition) is 3. The SMILES string of the molecule is CCCCCCCCCCCCCCCCOC(=O)C(O)C(C)CC. The van der Waals surface area contributed by atoms with Crippen molar-refractivity contribution in [2.45, 2.75) is 123 Å². The van der Waals surface area contributed by atoms with Crippen LogP contribution in [0.4, 0.5) is 0 Å². The predicted octanol–water partition coefficient (Wildman–Crippen LogP) is 6.42. The van der Waals surface area contributed by atoms with Crippen LogP contribution in [0.15, 0.2) is 0 Å². The lowest BCUT2D eigenvalue weighted by molar-refractivity contribution is -0.156. The minimum Gasteiger partial charge on any atom is -0.464 e. The Labute approximate surface area is 156 Å². The van der Waals surface area contributed by atoms with E-state index in [9.17, 15) is 9.90 Å². The summed E-state index contributed by atoms with van der Waals surface area (Å²) in [6.45, 7) is 6.56. The quantitative estimate of drug-likeness (QED) is 0.228. The Morgan fingerprint density at radius 1 is 0.760 bits per heavy atom. The van der Waals surface area contributed by atoms with Crippen LogP contribution in [0.25, 0.3) is 0 Å². The maximum atomic E-state index is 11.6. The highest BCUT2D eigenvalue weighted by molar-refractivity contribution is 5.74. The van der Waals surface area contributed by atoms with E-state index in [2.05, 4.69) is 6.92 Å². The largest absolute Gasteiger partial charge is 0.464 e. The summed E-state index contributed by atoms with van der Waals surface area (Å²) in [7, 11) is 0. The van der Waals surface area contributed by atoms with E-state index in [-0.39, 0.29) is 5.92 Å². The van der Waals surface area contributed by atoms with Crippen LogP contribution in [0.3, 0.4) is 0 Å². The van der Waals surface area contributed by atoms with Gasteiger partial charge in [-0.05, 0) is 12.3 Å². The lowest BCUT2D eigenvalue weighted by Gasteiger charge is -2.15. The fourth-order valence-electron chi connectivity index (χ4n) is 3.01. The number of ether oxygens (including phenoxy) is 1. The molecule has 3 nitrogen and oxygen atoms in total. The van der Waals surface area contributed by atoms with Gasteiger partial charge in [-0.2, -0.15) is 0 Å². The van der Waals surface area contributed by atoms with Gasteiger partial charge in [-0.15, -0.1) is 0 Å². The van der Waals surface area contributed by atoms with E-state index < -0.39 is 12.1 Å². The van der Waals surface area contributed by atoms with Crippen molar-refractivity contribution in [2.24, 2.45) is 5.92 Å². The van der Waals surface area contributed by atoms with E-state index in [1.807, 2.05) is 13.8 Å². The van der Waals surface area contributed by atoms with Crippen molar-refractivity contribution in [3.8, 4) is 0 Å². The van der Waals surface area contributed by atoms with Crippen LogP contribution in [0, 0.1) is 5.92 Å². The van der Waals surface area contributed by atoms with Crippen LogP contribution >= 0.6 is 0 Å². The van der Waals surface area contributed by atoms with E-state index in [0.717, 1.165) is 19.3 Å². The number of aliphatic hydroxyl groups excluding tert-OH is 1. The van der Waals surface area contributed by atoms with E-state index in [0.29, 0.717) is 6.61 Å². The number of carbonyl (C=O) groups is 1. The summed E-state index contributed by atoms with van der Waals surface area (Å²) >= 11 is 0. The molecule has 0 aromatic rings. The Morgan fingerprint density at radius 3 is 1.56 bits per heavy atom. The first-order valence-electron chi connectivity index (χ1n) is 11.0. The van der Waals surface area contributed by atoms with E-state index in [1.54, 1.807) is 0 Å². The number of rotatable bonds is 18. The van der Waals surface area contributed by atoms with E-state index in [1.165, 1.54) is 77.0 Å². The highest BCUT2D eigenvalue weighted by Crippen LogP contribution is 2.13. The average Bonchev–Trinajstić information content (AvgIpc) is 2.63. The number of carbonyl (C=O) groups excluding carboxylic acids is 1. The summed E-state index contributed by atoms with van der Waals surface area (Å²) in [5.74, 6) is -0.479. The van der Waals surface area contributed by atoms with Crippen molar-refractivity contribution < 1.29 is 14.6 Å². The molecule has 0 aromatic carbocycles. The summed E-state index contributed by atoms with van der Waals surface area (Å²) in [6.07, 6.45) is 18.3. The molecule has 0 bridgehead atoms. The van der Waals surface area contributed by atoms with E-state index >= 15 is 0 Å². The molecule has 0 rings (SSSR count). The molecule has 2 atom stereocenters. The summed E-state index contributed by atoms with van der Waals surface area (Å²) in [6, 6.07) is 0. The fraction of sp³-hybridized carbons (Fsp3) is 0.955. The highest BCUT2D eigenvalue weighted by Gasteiger charge is 2.22. The van der Waals surface area contributed by atoms with Crippen molar-refractivity contribution >= 4 is 5.97 Å². The van der Waals surface area contributed by atoms with Crippen LogP contribution in [0.2, 0.25) is 0 Å². The second-order valence-corrected chi connectivity index (χ2v) is 7.59. The monoisotopic (exact) mass is 356 g/mol. The van der Waals surface area contributed by atoms with Crippen molar-refractivity contribution in [1.82, 2.24) is 0 Å². The maximum Gasteiger partial charge on any atom is 0.335 e.